The van der Waals surface area contributed by atoms with Crippen molar-refractivity contribution in [1.29, 1.82) is 0 Å². The number of ether oxygens (including phenoxy) is 3. The normalized spacial score (nSPS) is 27.8. The molecule has 0 bridgehead atoms. The van der Waals surface area contributed by atoms with Crippen LogP contribution in [0.15, 0.2) is 53.1 Å². The molecular weight excluding hydrogens is 324 g/mol. The highest BCUT2D eigenvalue weighted by atomic mass is 16.6. The number of hydrogen-bond acceptors (Lipinski definition) is 6. The molecule has 0 unspecified atom stereocenters. The highest BCUT2D eigenvalue weighted by Crippen LogP contribution is 2.29. The fraction of sp³-hybridized carbons (Fsp3) is 0.389. The Morgan fingerprint density at radius 3 is 2.72 bits per heavy atom. The number of nitrogens with one attached hydrogen (secondary N) is 2. The van der Waals surface area contributed by atoms with Gasteiger partial charge in [-0.05, 0) is 24.3 Å². The standard InChI is InChI=1S/C18H20N2O5/c21-18(20-12-5-2-1-3-6-12)25-15-11-24-16-14(10-23-17(15)16)19-9-13-7-4-8-22-13/h1-8,14-17,19H,9-11H2,(H,20,21)/t14-,15-,16-,17+/m0/s1. The fourth-order valence-electron chi connectivity index (χ4n) is 3.19. The summed E-state index contributed by atoms with van der Waals surface area (Å²) in [6, 6.07) is 13.0. The Morgan fingerprint density at radius 1 is 1.08 bits per heavy atom. The Morgan fingerprint density at radius 2 is 1.92 bits per heavy atom. The maximum absolute atomic E-state index is 12.0. The van der Waals surface area contributed by atoms with Gasteiger partial charge in [-0.3, -0.25) is 5.32 Å². The molecule has 0 saturated carbocycles. The van der Waals surface area contributed by atoms with Gasteiger partial charge in [0.1, 0.15) is 18.0 Å². The number of amides is 1. The third-order valence-corrected chi connectivity index (χ3v) is 4.41. The van der Waals surface area contributed by atoms with Gasteiger partial charge in [0.2, 0.25) is 0 Å². The van der Waals surface area contributed by atoms with Crippen molar-refractivity contribution in [2.24, 2.45) is 0 Å². The molecule has 0 aliphatic carbocycles. The quantitative estimate of drug-likeness (QED) is 0.865. The van der Waals surface area contributed by atoms with Crippen LogP contribution in [0.3, 0.4) is 0 Å². The van der Waals surface area contributed by atoms with Crippen molar-refractivity contribution in [3.05, 3.63) is 54.5 Å². The number of para-hydroxylation sites is 1. The van der Waals surface area contributed by atoms with E-state index < -0.39 is 12.2 Å². The highest BCUT2D eigenvalue weighted by molar-refractivity contribution is 5.84. The summed E-state index contributed by atoms with van der Waals surface area (Å²) < 4.78 is 22.4. The van der Waals surface area contributed by atoms with Crippen molar-refractivity contribution >= 4 is 11.8 Å². The lowest BCUT2D eigenvalue weighted by Gasteiger charge is -2.17. The van der Waals surface area contributed by atoms with Gasteiger partial charge in [0.15, 0.2) is 6.10 Å². The molecule has 2 N–H and O–H groups in total. The first-order chi connectivity index (χ1) is 12.3. The summed E-state index contributed by atoms with van der Waals surface area (Å²) in [6.45, 7) is 1.44. The van der Waals surface area contributed by atoms with Crippen LogP contribution >= 0.6 is 0 Å². The second-order valence-electron chi connectivity index (χ2n) is 6.10. The van der Waals surface area contributed by atoms with Gasteiger partial charge in [-0.15, -0.1) is 0 Å². The van der Waals surface area contributed by atoms with Crippen molar-refractivity contribution in [2.45, 2.75) is 30.9 Å². The van der Waals surface area contributed by atoms with E-state index in [-0.39, 0.29) is 18.2 Å². The number of furan rings is 1. The summed E-state index contributed by atoms with van der Waals surface area (Å²) in [7, 11) is 0. The SMILES string of the molecule is O=C(Nc1ccccc1)O[C@H]1CO[C@@H]2[C@@H]1OC[C@@H]2NCc1ccco1. The second-order valence-corrected chi connectivity index (χ2v) is 6.10. The molecule has 2 aliphatic rings. The molecule has 2 aromatic rings. The van der Waals surface area contributed by atoms with Crippen LogP contribution in [0.1, 0.15) is 5.76 Å². The van der Waals surface area contributed by atoms with Crippen molar-refractivity contribution in [2.75, 3.05) is 18.5 Å². The monoisotopic (exact) mass is 344 g/mol. The minimum absolute atomic E-state index is 0.0425. The molecule has 3 heterocycles. The molecule has 1 aromatic carbocycles. The smallest absolute Gasteiger partial charge is 0.412 e. The van der Waals surface area contributed by atoms with Crippen LogP contribution in [0.4, 0.5) is 10.5 Å². The predicted octanol–water partition coefficient (Wildman–Crippen LogP) is 2.15. The summed E-state index contributed by atoms with van der Waals surface area (Å²) >= 11 is 0. The van der Waals surface area contributed by atoms with E-state index in [4.69, 9.17) is 18.6 Å². The van der Waals surface area contributed by atoms with Crippen LogP contribution in [-0.2, 0) is 20.8 Å². The molecule has 2 aliphatic heterocycles. The van der Waals surface area contributed by atoms with Crippen LogP contribution in [0.25, 0.3) is 0 Å². The summed E-state index contributed by atoms with van der Waals surface area (Å²) in [5, 5.41) is 6.07. The first-order valence-corrected chi connectivity index (χ1v) is 8.31. The number of benzene rings is 1. The molecule has 4 atom stereocenters. The van der Waals surface area contributed by atoms with E-state index >= 15 is 0 Å². The minimum atomic E-state index is -0.504. The molecule has 0 spiro atoms. The summed E-state index contributed by atoms with van der Waals surface area (Å²) in [4.78, 5) is 12.0. The molecule has 7 nitrogen and oxygen atoms in total. The predicted molar refractivity (Wildman–Crippen MR) is 89.1 cm³/mol. The lowest BCUT2D eigenvalue weighted by Crippen LogP contribution is -2.41. The maximum atomic E-state index is 12.0. The highest BCUT2D eigenvalue weighted by Gasteiger charge is 2.49. The number of carbonyl (C=O) groups is 1. The number of hydrogen-bond donors (Lipinski definition) is 2. The van der Waals surface area contributed by atoms with Crippen LogP contribution in [-0.4, -0.2) is 43.7 Å². The molecule has 1 aromatic heterocycles. The van der Waals surface area contributed by atoms with Gasteiger partial charge < -0.3 is 23.9 Å². The van der Waals surface area contributed by atoms with Crippen LogP contribution < -0.4 is 10.6 Å². The first kappa shape index (κ1) is 16.1. The van der Waals surface area contributed by atoms with Gasteiger partial charge in [-0.2, -0.15) is 0 Å². The third kappa shape index (κ3) is 3.68. The fourth-order valence-corrected chi connectivity index (χ4v) is 3.19. The zero-order chi connectivity index (χ0) is 17.1. The van der Waals surface area contributed by atoms with E-state index in [1.165, 1.54) is 0 Å². The summed E-state index contributed by atoms with van der Waals surface area (Å²) in [5.41, 5.74) is 0.688. The van der Waals surface area contributed by atoms with Crippen LogP contribution in [0.2, 0.25) is 0 Å². The first-order valence-electron chi connectivity index (χ1n) is 8.31. The van der Waals surface area contributed by atoms with E-state index in [0.29, 0.717) is 25.4 Å². The number of carbonyl (C=O) groups excluding carboxylic acids is 1. The summed E-state index contributed by atoms with van der Waals surface area (Å²) in [5.74, 6) is 0.858. The van der Waals surface area contributed by atoms with Crippen molar-refractivity contribution in [3.8, 4) is 0 Å². The Hall–Kier alpha value is -2.35. The van der Waals surface area contributed by atoms with E-state index in [0.717, 1.165) is 5.76 Å². The maximum Gasteiger partial charge on any atom is 0.412 e. The lowest BCUT2D eigenvalue weighted by molar-refractivity contribution is 0.00852. The van der Waals surface area contributed by atoms with Gasteiger partial charge in [-0.1, -0.05) is 18.2 Å². The van der Waals surface area contributed by atoms with Gasteiger partial charge in [0, 0.05) is 5.69 Å². The van der Waals surface area contributed by atoms with Gasteiger partial charge in [0.05, 0.1) is 32.1 Å². The Kier molecular flexibility index (Phi) is 4.69. The average molecular weight is 344 g/mol. The zero-order valence-electron chi connectivity index (χ0n) is 13.6. The van der Waals surface area contributed by atoms with E-state index in [9.17, 15) is 4.79 Å². The van der Waals surface area contributed by atoms with Gasteiger partial charge >= 0.3 is 6.09 Å². The molecule has 25 heavy (non-hydrogen) atoms. The van der Waals surface area contributed by atoms with Gasteiger partial charge in [0.25, 0.3) is 0 Å². The second kappa shape index (κ2) is 7.26. The molecular formula is C18H20N2O5. The third-order valence-electron chi connectivity index (χ3n) is 4.41. The molecule has 4 rings (SSSR count). The van der Waals surface area contributed by atoms with Crippen LogP contribution in [0, 0.1) is 0 Å². The summed E-state index contributed by atoms with van der Waals surface area (Å²) in [6.07, 6.45) is 0.340. The number of rotatable bonds is 5. The van der Waals surface area contributed by atoms with E-state index in [1.807, 2.05) is 30.3 Å². The van der Waals surface area contributed by atoms with Crippen molar-refractivity contribution < 1.29 is 23.4 Å². The zero-order valence-corrected chi connectivity index (χ0v) is 13.6. The van der Waals surface area contributed by atoms with Crippen LogP contribution in [0.5, 0.6) is 0 Å². The molecule has 2 saturated heterocycles. The molecule has 0 radical (unpaired) electrons. The van der Waals surface area contributed by atoms with Crippen molar-refractivity contribution in [1.82, 2.24) is 5.32 Å². The molecule has 132 valence electrons. The average Bonchev–Trinajstić information content (AvgIpc) is 3.33. The molecule has 7 heteroatoms. The lowest BCUT2D eigenvalue weighted by atomic mass is 10.1. The topological polar surface area (TPSA) is 82.0 Å². The number of anilines is 1. The Bertz CT molecular complexity index is 691. The Labute approximate surface area is 145 Å². The number of fused-ring (bicyclic) bond motifs is 1. The van der Waals surface area contributed by atoms with E-state index in [1.54, 1.807) is 18.4 Å². The molecule has 1 amide bonds. The molecule has 2 fully saturated rings. The minimum Gasteiger partial charge on any atom is -0.468 e. The van der Waals surface area contributed by atoms with Crippen molar-refractivity contribution in [3.63, 3.8) is 0 Å². The van der Waals surface area contributed by atoms with Gasteiger partial charge in [-0.25, -0.2) is 4.79 Å². The van der Waals surface area contributed by atoms with E-state index in [2.05, 4.69) is 10.6 Å². The largest absolute Gasteiger partial charge is 0.468 e. The Balaban J connectivity index is 1.28.